The van der Waals surface area contributed by atoms with Crippen LogP contribution in [0.5, 0.6) is 0 Å². The second-order valence-electron chi connectivity index (χ2n) is 5.42. The highest BCUT2D eigenvalue weighted by Gasteiger charge is 2.06. The molecule has 0 saturated carbocycles. The second kappa shape index (κ2) is 5.93. The molecule has 0 atom stereocenters. The molecule has 0 aliphatic carbocycles. The molecule has 3 rings (SSSR count). The molecule has 0 aliphatic rings. The first kappa shape index (κ1) is 14.2. The van der Waals surface area contributed by atoms with Crippen molar-refractivity contribution in [3.8, 4) is 11.4 Å². The Hall–Kier alpha value is -2.75. The second-order valence-corrected chi connectivity index (χ2v) is 5.42. The van der Waals surface area contributed by atoms with Gasteiger partial charge in [-0.3, -0.25) is 0 Å². The number of hydrogen-bond acceptors (Lipinski definition) is 3. The zero-order valence-corrected chi connectivity index (χ0v) is 13.0. The van der Waals surface area contributed by atoms with Crippen LogP contribution in [0.4, 0.5) is 0 Å². The van der Waals surface area contributed by atoms with E-state index in [1.165, 1.54) is 16.7 Å². The first-order chi connectivity index (χ1) is 10.6. The summed E-state index contributed by atoms with van der Waals surface area (Å²) in [4.78, 5) is 0. The molecule has 0 amide bonds. The van der Waals surface area contributed by atoms with E-state index in [0.29, 0.717) is 0 Å². The van der Waals surface area contributed by atoms with E-state index >= 15 is 0 Å². The van der Waals surface area contributed by atoms with Gasteiger partial charge in [-0.2, -0.15) is 9.78 Å². The fourth-order valence-corrected chi connectivity index (χ4v) is 2.61. The van der Waals surface area contributed by atoms with Crippen LogP contribution in [0.3, 0.4) is 0 Å². The van der Waals surface area contributed by atoms with E-state index in [2.05, 4.69) is 48.2 Å². The number of aromatic nitrogens is 3. The van der Waals surface area contributed by atoms with Crippen molar-refractivity contribution in [1.82, 2.24) is 14.9 Å². The molecule has 0 unspecified atom stereocenters. The topological polar surface area (TPSA) is 43.1 Å². The fraction of sp³-hybridized carbons (Fsp3) is 0.167. The lowest BCUT2D eigenvalue weighted by atomic mass is 10.0. The number of rotatable bonds is 3. The average molecular weight is 290 g/mol. The lowest BCUT2D eigenvalue weighted by Crippen LogP contribution is -1.97. The van der Waals surface area contributed by atoms with Crippen LogP contribution >= 0.6 is 0 Å². The molecule has 3 aromatic rings. The quantitative estimate of drug-likeness (QED) is 0.689. The van der Waals surface area contributed by atoms with E-state index in [0.717, 1.165) is 17.0 Å². The SMILES string of the molecule is Cc1cc(C)c(/C=N\n2cnnc2-c2ccccc2)c(C)c1. The number of benzene rings is 2. The van der Waals surface area contributed by atoms with E-state index < -0.39 is 0 Å². The van der Waals surface area contributed by atoms with Crippen LogP contribution in [0, 0.1) is 20.8 Å². The van der Waals surface area contributed by atoms with Gasteiger partial charge in [0.15, 0.2) is 5.82 Å². The summed E-state index contributed by atoms with van der Waals surface area (Å²) >= 11 is 0. The minimum atomic E-state index is 0.735. The van der Waals surface area contributed by atoms with E-state index in [9.17, 15) is 0 Å². The molecule has 1 aromatic heterocycles. The predicted molar refractivity (Wildman–Crippen MR) is 89.1 cm³/mol. The van der Waals surface area contributed by atoms with Crippen LogP contribution in [0.2, 0.25) is 0 Å². The maximum absolute atomic E-state index is 4.53. The van der Waals surface area contributed by atoms with E-state index in [1.54, 1.807) is 11.0 Å². The fourth-order valence-electron chi connectivity index (χ4n) is 2.61. The maximum Gasteiger partial charge on any atom is 0.184 e. The molecule has 0 bridgehead atoms. The standard InChI is InChI=1S/C18H18N4/c1-13-9-14(2)17(15(3)10-13)11-20-22-12-19-21-18(22)16-7-5-4-6-8-16/h4-12H,1-3H3/b20-11-. The predicted octanol–water partition coefficient (Wildman–Crippen LogP) is 3.75. The van der Waals surface area contributed by atoms with E-state index in [1.807, 2.05) is 36.5 Å². The van der Waals surface area contributed by atoms with Crippen molar-refractivity contribution in [2.75, 3.05) is 0 Å². The third-order valence-corrected chi connectivity index (χ3v) is 3.61. The molecular formula is C18H18N4. The average Bonchev–Trinajstić information content (AvgIpc) is 2.95. The van der Waals surface area contributed by atoms with Gasteiger partial charge in [0.25, 0.3) is 0 Å². The van der Waals surface area contributed by atoms with Crippen LogP contribution in [0.25, 0.3) is 11.4 Å². The Bertz CT molecular complexity index is 793. The number of hydrogen-bond donors (Lipinski definition) is 0. The van der Waals surface area contributed by atoms with Gasteiger partial charge in [-0.15, -0.1) is 10.2 Å². The molecular weight excluding hydrogens is 272 g/mol. The first-order valence-electron chi connectivity index (χ1n) is 7.23. The maximum atomic E-state index is 4.53. The molecule has 0 N–H and O–H groups in total. The van der Waals surface area contributed by atoms with Crippen LogP contribution in [-0.4, -0.2) is 21.1 Å². The van der Waals surface area contributed by atoms with Crippen molar-refractivity contribution >= 4 is 6.21 Å². The van der Waals surface area contributed by atoms with E-state index in [-0.39, 0.29) is 0 Å². The Morgan fingerprint density at radius 3 is 2.36 bits per heavy atom. The van der Waals surface area contributed by atoms with Gasteiger partial charge in [-0.1, -0.05) is 48.0 Å². The molecule has 4 heteroatoms. The first-order valence-corrected chi connectivity index (χ1v) is 7.23. The van der Waals surface area contributed by atoms with Crippen molar-refractivity contribution in [3.05, 3.63) is 71.0 Å². The summed E-state index contributed by atoms with van der Waals surface area (Å²) in [7, 11) is 0. The normalized spacial score (nSPS) is 11.2. The van der Waals surface area contributed by atoms with Gasteiger partial charge in [0, 0.05) is 11.1 Å². The molecule has 0 spiro atoms. The third-order valence-electron chi connectivity index (χ3n) is 3.61. The van der Waals surface area contributed by atoms with Crippen molar-refractivity contribution in [1.29, 1.82) is 0 Å². The Balaban J connectivity index is 1.97. The van der Waals surface area contributed by atoms with Crippen LogP contribution < -0.4 is 0 Å². The Labute approximate surface area is 130 Å². The van der Waals surface area contributed by atoms with Gasteiger partial charge in [0.2, 0.25) is 0 Å². The van der Waals surface area contributed by atoms with E-state index in [4.69, 9.17) is 0 Å². The summed E-state index contributed by atoms with van der Waals surface area (Å²) in [5.74, 6) is 0.735. The third kappa shape index (κ3) is 2.81. The van der Waals surface area contributed by atoms with Crippen molar-refractivity contribution in [3.63, 3.8) is 0 Å². The van der Waals surface area contributed by atoms with Crippen molar-refractivity contribution in [2.24, 2.45) is 5.10 Å². The molecule has 110 valence electrons. The summed E-state index contributed by atoms with van der Waals surface area (Å²) in [5, 5.41) is 12.7. The lowest BCUT2D eigenvalue weighted by molar-refractivity contribution is 0.887. The van der Waals surface area contributed by atoms with Crippen molar-refractivity contribution < 1.29 is 0 Å². The highest BCUT2D eigenvalue weighted by molar-refractivity contribution is 5.84. The number of nitrogens with zero attached hydrogens (tertiary/aromatic N) is 4. The largest absolute Gasteiger partial charge is 0.200 e. The monoisotopic (exact) mass is 290 g/mol. The molecule has 2 aromatic carbocycles. The highest BCUT2D eigenvalue weighted by atomic mass is 15.4. The minimum Gasteiger partial charge on any atom is -0.200 e. The van der Waals surface area contributed by atoms with Gasteiger partial charge in [0.1, 0.15) is 6.33 Å². The zero-order chi connectivity index (χ0) is 15.5. The van der Waals surface area contributed by atoms with Gasteiger partial charge >= 0.3 is 0 Å². The minimum absolute atomic E-state index is 0.735. The van der Waals surface area contributed by atoms with Crippen LogP contribution in [0.15, 0.2) is 53.9 Å². The van der Waals surface area contributed by atoms with Crippen LogP contribution in [0.1, 0.15) is 22.3 Å². The highest BCUT2D eigenvalue weighted by Crippen LogP contribution is 2.17. The molecule has 0 aliphatic heterocycles. The molecule has 0 saturated heterocycles. The van der Waals surface area contributed by atoms with Gasteiger partial charge in [0.05, 0.1) is 6.21 Å². The molecule has 4 nitrogen and oxygen atoms in total. The molecule has 22 heavy (non-hydrogen) atoms. The Morgan fingerprint density at radius 2 is 1.68 bits per heavy atom. The zero-order valence-electron chi connectivity index (χ0n) is 13.0. The summed E-state index contributed by atoms with van der Waals surface area (Å²) in [6.45, 7) is 6.31. The van der Waals surface area contributed by atoms with Gasteiger partial charge < -0.3 is 0 Å². The summed E-state index contributed by atoms with van der Waals surface area (Å²) in [6.07, 6.45) is 3.50. The smallest absolute Gasteiger partial charge is 0.184 e. The summed E-state index contributed by atoms with van der Waals surface area (Å²) in [6, 6.07) is 14.3. The van der Waals surface area contributed by atoms with Gasteiger partial charge in [-0.05, 0) is 31.9 Å². The lowest BCUT2D eigenvalue weighted by Gasteiger charge is -2.07. The summed E-state index contributed by atoms with van der Waals surface area (Å²) < 4.78 is 1.70. The van der Waals surface area contributed by atoms with Gasteiger partial charge in [-0.25, -0.2) is 0 Å². The Kier molecular flexibility index (Phi) is 3.83. The molecule has 1 heterocycles. The molecule has 0 radical (unpaired) electrons. The number of aryl methyl sites for hydroxylation is 3. The van der Waals surface area contributed by atoms with Crippen LogP contribution in [-0.2, 0) is 0 Å². The van der Waals surface area contributed by atoms with Crippen molar-refractivity contribution in [2.45, 2.75) is 20.8 Å². The summed E-state index contributed by atoms with van der Waals surface area (Å²) in [5.41, 5.74) is 5.83. The Morgan fingerprint density at radius 1 is 1.00 bits per heavy atom. The molecule has 0 fully saturated rings.